The van der Waals surface area contributed by atoms with Crippen molar-refractivity contribution < 1.29 is 14.4 Å². The van der Waals surface area contributed by atoms with Gasteiger partial charge in [-0.1, -0.05) is 34.5 Å². The summed E-state index contributed by atoms with van der Waals surface area (Å²) in [6, 6.07) is 6.41. The number of hydrogen-bond donors (Lipinski definition) is 1. The van der Waals surface area contributed by atoms with E-state index in [0.29, 0.717) is 12.8 Å². The Kier molecular flexibility index (Phi) is 3.36. The molecule has 1 spiro atoms. The van der Waals surface area contributed by atoms with Gasteiger partial charge in [0, 0.05) is 4.47 Å². The molecule has 2 fully saturated rings. The van der Waals surface area contributed by atoms with Gasteiger partial charge in [-0.15, -0.1) is 0 Å². The molecule has 1 heterocycles. The zero-order chi connectivity index (χ0) is 15.2. The molecule has 5 nitrogen and oxygen atoms in total. The number of nitrogens with one attached hydrogen (secondary N) is 1. The van der Waals surface area contributed by atoms with Gasteiger partial charge >= 0.3 is 6.03 Å². The van der Waals surface area contributed by atoms with Crippen molar-refractivity contribution in [3.63, 3.8) is 0 Å². The van der Waals surface area contributed by atoms with Gasteiger partial charge in [0.15, 0.2) is 0 Å². The Balaban J connectivity index is 1.92. The SMILES string of the molecule is CC(c1ccc(Br)cc1)N1C(=O)NC(=O)C2(CCC2)C1=O. The van der Waals surface area contributed by atoms with E-state index in [4.69, 9.17) is 0 Å². The molecular formula is C15H15BrN2O3. The van der Waals surface area contributed by atoms with E-state index in [-0.39, 0.29) is 5.91 Å². The first-order chi connectivity index (χ1) is 9.95. The molecule has 0 aromatic heterocycles. The Morgan fingerprint density at radius 1 is 1.19 bits per heavy atom. The van der Waals surface area contributed by atoms with E-state index < -0.39 is 23.4 Å². The van der Waals surface area contributed by atoms with Gasteiger partial charge in [-0.2, -0.15) is 0 Å². The molecule has 1 aliphatic carbocycles. The van der Waals surface area contributed by atoms with Gasteiger partial charge < -0.3 is 0 Å². The lowest BCUT2D eigenvalue weighted by atomic mass is 9.66. The third-order valence-corrected chi connectivity index (χ3v) is 4.98. The molecule has 4 amide bonds. The lowest BCUT2D eigenvalue weighted by Gasteiger charge is -2.46. The molecule has 0 bridgehead atoms. The highest BCUT2D eigenvalue weighted by molar-refractivity contribution is 9.10. The van der Waals surface area contributed by atoms with Crippen LogP contribution in [0.5, 0.6) is 0 Å². The Morgan fingerprint density at radius 3 is 2.33 bits per heavy atom. The second kappa shape index (κ2) is 4.94. The van der Waals surface area contributed by atoms with Crippen molar-refractivity contribution in [3.05, 3.63) is 34.3 Å². The molecule has 1 aromatic rings. The number of imide groups is 2. The second-order valence-corrected chi connectivity index (χ2v) is 6.51. The Labute approximate surface area is 130 Å². The van der Waals surface area contributed by atoms with Crippen LogP contribution in [-0.4, -0.2) is 22.7 Å². The van der Waals surface area contributed by atoms with Gasteiger partial charge in [-0.25, -0.2) is 4.79 Å². The zero-order valence-corrected chi connectivity index (χ0v) is 13.1. The molecule has 1 aliphatic heterocycles. The average molecular weight is 351 g/mol. The summed E-state index contributed by atoms with van der Waals surface area (Å²) in [4.78, 5) is 37.9. The topological polar surface area (TPSA) is 66.5 Å². The van der Waals surface area contributed by atoms with E-state index in [2.05, 4.69) is 21.2 Å². The quantitative estimate of drug-likeness (QED) is 0.834. The molecule has 1 aromatic carbocycles. The first kappa shape index (κ1) is 14.3. The van der Waals surface area contributed by atoms with Crippen LogP contribution in [0.2, 0.25) is 0 Å². The average Bonchev–Trinajstić information content (AvgIpc) is 2.37. The third kappa shape index (κ3) is 2.09. The van der Waals surface area contributed by atoms with Gasteiger partial charge in [-0.05, 0) is 37.5 Å². The number of hydrogen-bond acceptors (Lipinski definition) is 3. The van der Waals surface area contributed by atoms with Crippen LogP contribution in [0.25, 0.3) is 0 Å². The highest BCUT2D eigenvalue weighted by Gasteiger charge is 2.58. The third-order valence-electron chi connectivity index (χ3n) is 4.45. The highest BCUT2D eigenvalue weighted by atomic mass is 79.9. The number of rotatable bonds is 2. The number of urea groups is 1. The van der Waals surface area contributed by atoms with Crippen LogP contribution in [-0.2, 0) is 9.59 Å². The normalized spacial score (nSPS) is 22.0. The fourth-order valence-electron chi connectivity index (χ4n) is 2.91. The molecule has 1 atom stereocenters. The van der Waals surface area contributed by atoms with Crippen molar-refractivity contribution in [2.75, 3.05) is 0 Å². The summed E-state index contributed by atoms with van der Waals surface area (Å²) in [7, 11) is 0. The maximum Gasteiger partial charge on any atom is 0.331 e. The van der Waals surface area contributed by atoms with Gasteiger partial charge in [0.05, 0.1) is 6.04 Å². The van der Waals surface area contributed by atoms with Crippen LogP contribution in [0.3, 0.4) is 0 Å². The molecule has 1 saturated carbocycles. The maximum absolute atomic E-state index is 12.7. The van der Waals surface area contributed by atoms with Crippen molar-refractivity contribution in [1.82, 2.24) is 10.2 Å². The van der Waals surface area contributed by atoms with Crippen LogP contribution >= 0.6 is 15.9 Å². The lowest BCUT2D eigenvalue weighted by Crippen LogP contribution is -2.66. The largest absolute Gasteiger partial charge is 0.331 e. The molecule has 21 heavy (non-hydrogen) atoms. The molecular weight excluding hydrogens is 336 g/mol. The van der Waals surface area contributed by atoms with Crippen molar-refractivity contribution in [3.8, 4) is 0 Å². The van der Waals surface area contributed by atoms with E-state index in [1.54, 1.807) is 6.92 Å². The van der Waals surface area contributed by atoms with E-state index >= 15 is 0 Å². The molecule has 1 unspecified atom stereocenters. The van der Waals surface area contributed by atoms with Crippen LogP contribution in [0.1, 0.15) is 37.8 Å². The standard InChI is InChI=1S/C15H15BrN2O3/c1-9(10-3-5-11(16)6-4-10)18-13(20)15(7-2-8-15)12(19)17-14(18)21/h3-6,9H,2,7-8H2,1H3,(H,17,19,21). The predicted molar refractivity (Wildman–Crippen MR) is 79.2 cm³/mol. The lowest BCUT2D eigenvalue weighted by molar-refractivity contribution is -0.159. The molecule has 110 valence electrons. The van der Waals surface area contributed by atoms with E-state index in [0.717, 1.165) is 16.5 Å². The van der Waals surface area contributed by atoms with Crippen molar-refractivity contribution >= 4 is 33.8 Å². The first-order valence-corrected chi connectivity index (χ1v) is 7.69. The number of nitrogens with zero attached hydrogens (tertiary/aromatic N) is 1. The van der Waals surface area contributed by atoms with Crippen LogP contribution in [0, 0.1) is 5.41 Å². The van der Waals surface area contributed by atoms with E-state index in [1.165, 1.54) is 4.90 Å². The molecule has 6 heteroatoms. The minimum Gasteiger partial charge on any atom is -0.277 e. The van der Waals surface area contributed by atoms with Gasteiger partial charge in [0.25, 0.3) is 0 Å². The fraction of sp³-hybridized carbons (Fsp3) is 0.400. The van der Waals surface area contributed by atoms with Gasteiger partial charge in [0.2, 0.25) is 11.8 Å². The molecule has 1 N–H and O–H groups in total. The van der Waals surface area contributed by atoms with Crippen LogP contribution in [0.15, 0.2) is 28.7 Å². The molecule has 2 aliphatic rings. The van der Waals surface area contributed by atoms with Crippen molar-refractivity contribution in [2.45, 2.75) is 32.2 Å². The first-order valence-electron chi connectivity index (χ1n) is 6.90. The summed E-state index contributed by atoms with van der Waals surface area (Å²) in [5, 5.41) is 2.33. The molecule has 0 radical (unpaired) electrons. The minimum atomic E-state index is -1.02. The number of barbiturate groups is 1. The van der Waals surface area contributed by atoms with Crippen molar-refractivity contribution in [2.24, 2.45) is 5.41 Å². The van der Waals surface area contributed by atoms with Gasteiger partial charge in [-0.3, -0.25) is 19.8 Å². The van der Waals surface area contributed by atoms with E-state index in [1.807, 2.05) is 24.3 Å². The summed E-state index contributed by atoms with van der Waals surface area (Å²) in [6.45, 7) is 1.79. The number of halogens is 1. The highest BCUT2D eigenvalue weighted by Crippen LogP contribution is 2.45. The van der Waals surface area contributed by atoms with Crippen LogP contribution in [0.4, 0.5) is 4.79 Å². The Bertz CT molecular complexity index is 622. The number of carbonyl (C=O) groups excluding carboxylic acids is 3. The predicted octanol–water partition coefficient (Wildman–Crippen LogP) is 2.76. The second-order valence-electron chi connectivity index (χ2n) is 5.60. The van der Waals surface area contributed by atoms with Crippen molar-refractivity contribution in [1.29, 1.82) is 0 Å². The van der Waals surface area contributed by atoms with Gasteiger partial charge in [0.1, 0.15) is 5.41 Å². The van der Waals surface area contributed by atoms with Crippen LogP contribution < -0.4 is 5.32 Å². The minimum absolute atomic E-state index is 0.363. The number of amides is 4. The summed E-state index contributed by atoms with van der Waals surface area (Å²) in [5.41, 5.74) is -0.164. The zero-order valence-electron chi connectivity index (χ0n) is 11.6. The summed E-state index contributed by atoms with van der Waals surface area (Å²) in [5.74, 6) is -0.805. The summed E-state index contributed by atoms with van der Waals surface area (Å²) >= 11 is 3.36. The molecule has 3 rings (SSSR count). The number of benzene rings is 1. The number of carbonyl (C=O) groups is 3. The molecule has 1 saturated heterocycles. The maximum atomic E-state index is 12.7. The van der Waals surface area contributed by atoms with E-state index in [9.17, 15) is 14.4 Å². The fourth-order valence-corrected chi connectivity index (χ4v) is 3.17. The summed E-state index contributed by atoms with van der Waals surface area (Å²) < 4.78 is 0.929. The summed E-state index contributed by atoms with van der Waals surface area (Å²) in [6.07, 6.45) is 1.89. The Morgan fingerprint density at radius 2 is 1.81 bits per heavy atom. The Hall–Kier alpha value is -1.69. The monoisotopic (exact) mass is 350 g/mol. The smallest absolute Gasteiger partial charge is 0.277 e.